The molecule has 3 aliphatic rings. The maximum Gasteiger partial charge on any atom is 0.243 e. The quantitative estimate of drug-likeness (QED) is 0.338. The van der Waals surface area contributed by atoms with Crippen molar-refractivity contribution >= 4 is 20.0 Å². The van der Waals surface area contributed by atoms with Crippen LogP contribution in [0.15, 0.2) is 11.0 Å². The Balaban J connectivity index is 1.26. The molecule has 0 amide bonds. The molecule has 39 heavy (non-hydrogen) atoms. The Kier molecular flexibility index (Phi) is 10.4. The molecule has 0 aliphatic carbocycles. The van der Waals surface area contributed by atoms with Gasteiger partial charge in [-0.15, -0.1) is 0 Å². The Morgan fingerprint density at radius 2 is 1.54 bits per heavy atom. The van der Waals surface area contributed by atoms with Gasteiger partial charge in [0.2, 0.25) is 20.0 Å². The van der Waals surface area contributed by atoms with Crippen LogP contribution in [0.5, 0.6) is 5.75 Å². The Labute approximate surface area is 237 Å². The highest BCUT2D eigenvalue weighted by molar-refractivity contribution is 7.89. The molecule has 10 heteroatoms. The first-order chi connectivity index (χ1) is 18.5. The minimum Gasteiger partial charge on any atom is -0.496 e. The van der Waals surface area contributed by atoms with Gasteiger partial charge >= 0.3 is 0 Å². The third-order valence-electron chi connectivity index (χ3n) is 9.30. The maximum atomic E-state index is 13.8. The topological polar surface area (TPSA) is 87.2 Å². The molecule has 222 valence electrons. The predicted molar refractivity (Wildman–Crippen MR) is 156 cm³/mol. The molecule has 3 aliphatic heterocycles. The largest absolute Gasteiger partial charge is 0.496 e. The SMILES string of the molecule is COc1cc(C)c(S(=O)(=O)N2CCCC2CCCCS(=O)(=O)N2CCC(CCN3CCCC3)CC2)c(C)c1C. The second-order valence-corrected chi connectivity index (χ2v) is 15.8. The van der Waals surface area contributed by atoms with Crippen molar-refractivity contribution in [1.29, 1.82) is 0 Å². The molecule has 0 spiro atoms. The van der Waals surface area contributed by atoms with Gasteiger partial charge in [-0.3, -0.25) is 0 Å². The van der Waals surface area contributed by atoms with Crippen molar-refractivity contribution in [1.82, 2.24) is 13.5 Å². The number of unbranched alkanes of at least 4 members (excludes halogenated alkanes) is 1. The Morgan fingerprint density at radius 3 is 2.21 bits per heavy atom. The summed E-state index contributed by atoms with van der Waals surface area (Å²) in [4.78, 5) is 2.93. The number of hydrogen-bond donors (Lipinski definition) is 0. The fourth-order valence-electron chi connectivity index (χ4n) is 6.80. The van der Waals surface area contributed by atoms with E-state index < -0.39 is 20.0 Å². The maximum absolute atomic E-state index is 13.8. The lowest BCUT2D eigenvalue weighted by molar-refractivity contribution is 0.232. The van der Waals surface area contributed by atoms with Crippen LogP contribution < -0.4 is 4.74 Å². The fraction of sp³-hybridized carbons (Fsp3) is 0.793. The zero-order chi connectivity index (χ0) is 28.2. The van der Waals surface area contributed by atoms with E-state index in [4.69, 9.17) is 4.74 Å². The average Bonchev–Trinajstić information content (AvgIpc) is 3.60. The Bertz CT molecular complexity index is 1190. The van der Waals surface area contributed by atoms with Gasteiger partial charge in [0.25, 0.3) is 0 Å². The smallest absolute Gasteiger partial charge is 0.243 e. The number of nitrogens with zero attached hydrogens (tertiary/aromatic N) is 3. The van der Waals surface area contributed by atoms with Crippen LogP contribution in [-0.4, -0.2) is 88.5 Å². The van der Waals surface area contributed by atoms with Gasteiger partial charge in [0.15, 0.2) is 0 Å². The van der Waals surface area contributed by atoms with Crippen LogP contribution in [0.4, 0.5) is 0 Å². The molecule has 1 unspecified atom stereocenters. The van der Waals surface area contributed by atoms with Crippen molar-refractivity contribution in [2.24, 2.45) is 5.92 Å². The van der Waals surface area contributed by atoms with Gasteiger partial charge in [-0.1, -0.05) is 6.42 Å². The van der Waals surface area contributed by atoms with E-state index in [0.29, 0.717) is 61.0 Å². The van der Waals surface area contributed by atoms with E-state index in [1.165, 1.54) is 32.4 Å². The summed E-state index contributed by atoms with van der Waals surface area (Å²) in [5.74, 6) is 1.49. The minimum absolute atomic E-state index is 0.0785. The molecule has 3 fully saturated rings. The lowest BCUT2D eigenvalue weighted by Gasteiger charge is -2.32. The van der Waals surface area contributed by atoms with E-state index in [-0.39, 0.29) is 11.8 Å². The first kappa shape index (κ1) is 30.8. The molecule has 1 atom stereocenters. The number of piperidine rings is 1. The van der Waals surface area contributed by atoms with Crippen LogP contribution >= 0.6 is 0 Å². The summed E-state index contributed by atoms with van der Waals surface area (Å²) in [6.45, 7) is 11.0. The van der Waals surface area contributed by atoms with Crippen molar-refractivity contribution in [3.63, 3.8) is 0 Å². The summed E-state index contributed by atoms with van der Waals surface area (Å²) < 4.78 is 62.4. The molecule has 1 aromatic carbocycles. The van der Waals surface area contributed by atoms with E-state index >= 15 is 0 Å². The number of benzene rings is 1. The number of sulfonamides is 2. The molecule has 3 saturated heterocycles. The summed E-state index contributed by atoms with van der Waals surface area (Å²) in [5.41, 5.74) is 2.29. The molecule has 0 radical (unpaired) electrons. The summed E-state index contributed by atoms with van der Waals surface area (Å²) in [6, 6.07) is 1.73. The molecule has 0 saturated carbocycles. The summed E-state index contributed by atoms with van der Waals surface area (Å²) in [7, 11) is -5.31. The lowest BCUT2D eigenvalue weighted by Crippen LogP contribution is -2.40. The number of hydrogen-bond acceptors (Lipinski definition) is 6. The second-order valence-electron chi connectivity index (χ2n) is 11.9. The van der Waals surface area contributed by atoms with E-state index in [9.17, 15) is 16.8 Å². The molecule has 3 heterocycles. The van der Waals surface area contributed by atoms with Crippen LogP contribution in [0.3, 0.4) is 0 Å². The third-order valence-corrected chi connectivity index (χ3v) is 13.5. The van der Waals surface area contributed by atoms with Gasteiger partial charge in [-0.2, -0.15) is 4.31 Å². The minimum atomic E-state index is -3.65. The highest BCUT2D eigenvalue weighted by Crippen LogP contribution is 2.36. The molecule has 0 aromatic heterocycles. The summed E-state index contributed by atoms with van der Waals surface area (Å²) >= 11 is 0. The zero-order valence-corrected chi connectivity index (χ0v) is 26.1. The van der Waals surface area contributed by atoms with Gasteiger partial charge in [0, 0.05) is 25.7 Å². The molecule has 1 aromatic rings. The number of likely N-dealkylation sites (tertiary alicyclic amines) is 1. The lowest BCUT2D eigenvalue weighted by atomic mass is 9.94. The van der Waals surface area contributed by atoms with Crippen LogP contribution in [0.25, 0.3) is 0 Å². The molecule has 8 nitrogen and oxygen atoms in total. The van der Waals surface area contributed by atoms with Gasteiger partial charge in [0.05, 0.1) is 17.8 Å². The number of aryl methyl sites for hydroxylation is 1. The summed E-state index contributed by atoms with van der Waals surface area (Å²) in [6.07, 6.45) is 9.37. The van der Waals surface area contributed by atoms with E-state index in [0.717, 1.165) is 43.4 Å². The molecular formula is C29H49N3O5S2. The van der Waals surface area contributed by atoms with Crippen LogP contribution in [-0.2, 0) is 20.0 Å². The standard InChI is InChI=1S/C29H49N3O5S2/c1-23-22-28(37-4)24(2)25(3)29(23)39(35,36)32-17-9-11-27(32)10-5-8-21-38(33,34)31-19-13-26(14-20-31)12-18-30-15-6-7-16-30/h22,26-27H,5-21H2,1-4H3. The van der Waals surface area contributed by atoms with Crippen molar-refractivity contribution < 1.29 is 21.6 Å². The highest BCUT2D eigenvalue weighted by atomic mass is 32.2. The average molecular weight is 584 g/mol. The van der Waals surface area contributed by atoms with Gasteiger partial charge in [-0.25, -0.2) is 21.1 Å². The van der Waals surface area contributed by atoms with Crippen LogP contribution in [0.1, 0.15) is 80.9 Å². The van der Waals surface area contributed by atoms with Crippen molar-refractivity contribution in [2.45, 2.75) is 95.9 Å². The van der Waals surface area contributed by atoms with E-state index in [1.54, 1.807) is 15.7 Å². The van der Waals surface area contributed by atoms with E-state index in [2.05, 4.69) is 4.90 Å². The monoisotopic (exact) mass is 583 g/mol. The van der Waals surface area contributed by atoms with Gasteiger partial charge in [-0.05, 0) is 127 Å². The Morgan fingerprint density at radius 1 is 0.846 bits per heavy atom. The van der Waals surface area contributed by atoms with Crippen LogP contribution in [0, 0.1) is 26.7 Å². The number of rotatable bonds is 12. The molecule has 4 rings (SSSR count). The fourth-order valence-corrected chi connectivity index (χ4v) is 10.6. The first-order valence-corrected chi connectivity index (χ1v) is 18.0. The predicted octanol–water partition coefficient (Wildman–Crippen LogP) is 4.47. The Hall–Kier alpha value is -1.20. The third kappa shape index (κ3) is 7.18. The number of ether oxygens (including phenoxy) is 1. The normalized spacial score (nSPS) is 22.6. The van der Waals surface area contributed by atoms with Crippen molar-refractivity contribution in [3.05, 3.63) is 22.8 Å². The van der Waals surface area contributed by atoms with Gasteiger partial charge in [0.1, 0.15) is 5.75 Å². The van der Waals surface area contributed by atoms with Crippen molar-refractivity contribution in [2.75, 3.05) is 52.1 Å². The van der Waals surface area contributed by atoms with Gasteiger partial charge < -0.3 is 9.64 Å². The zero-order valence-electron chi connectivity index (χ0n) is 24.5. The van der Waals surface area contributed by atoms with E-state index in [1.807, 2.05) is 26.8 Å². The number of methoxy groups -OCH3 is 1. The molecule has 0 N–H and O–H groups in total. The summed E-state index contributed by atoms with van der Waals surface area (Å²) in [5, 5.41) is 0. The molecule has 0 bridgehead atoms. The second kappa shape index (κ2) is 13.2. The van der Waals surface area contributed by atoms with Crippen LogP contribution in [0.2, 0.25) is 0 Å². The highest BCUT2D eigenvalue weighted by Gasteiger charge is 2.37. The molecular weight excluding hydrogens is 534 g/mol. The van der Waals surface area contributed by atoms with Crippen molar-refractivity contribution in [3.8, 4) is 5.75 Å². The first-order valence-electron chi connectivity index (χ1n) is 14.9.